The minimum atomic E-state index is -4.75. The van der Waals surface area contributed by atoms with E-state index in [1.54, 1.807) is 0 Å². The first kappa shape index (κ1) is 15.9. The zero-order chi connectivity index (χ0) is 17.5. The number of carbonyl (C=O) groups is 2. The fraction of sp³-hybridized carbons (Fsp3) is 0.200. The highest BCUT2D eigenvalue weighted by Crippen LogP contribution is 2.34. The summed E-state index contributed by atoms with van der Waals surface area (Å²) in [5, 5.41) is 8.84. The predicted molar refractivity (Wildman–Crippen MR) is 75.8 cm³/mol. The van der Waals surface area contributed by atoms with Crippen LogP contribution in [0.25, 0.3) is 0 Å². The zero-order valence-corrected chi connectivity index (χ0v) is 12.0. The van der Waals surface area contributed by atoms with E-state index in [-0.39, 0.29) is 29.9 Å². The van der Waals surface area contributed by atoms with Gasteiger partial charge in [0.1, 0.15) is 5.82 Å². The number of rotatable bonds is 2. The van der Waals surface area contributed by atoms with Crippen LogP contribution >= 0.6 is 0 Å². The maximum atomic E-state index is 13.1. The summed E-state index contributed by atoms with van der Waals surface area (Å²) in [5.41, 5.74) is -1.51. The van der Waals surface area contributed by atoms with Crippen LogP contribution in [0.5, 0.6) is 0 Å². The summed E-state index contributed by atoms with van der Waals surface area (Å²) in [6.45, 7) is 0.145. The van der Waals surface area contributed by atoms with Gasteiger partial charge in [0.15, 0.2) is 5.69 Å². The number of carboxylic acids is 1. The lowest BCUT2D eigenvalue weighted by molar-refractivity contribution is -0.141. The molecule has 124 valence electrons. The molecule has 1 aliphatic rings. The summed E-state index contributed by atoms with van der Waals surface area (Å²) in [4.78, 5) is 31.6. The molecule has 2 aromatic rings. The SMILES string of the molecule is O=C(O)c1ccc(N2CCc3ccnc(C(F)(F)F)c3C2=O)nc1. The van der Waals surface area contributed by atoms with E-state index in [1.807, 2.05) is 0 Å². The molecule has 0 fully saturated rings. The van der Waals surface area contributed by atoms with Crippen LogP contribution < -0.4 is 4.90 Å². The molecule has 0 aliphatic carbocycles. The molecule has 3 rings (SSSR count). The molecule has 0 atom stereocenters. The Kier molecular flexibility index (Phi) is 3.70. The van der Waals surface area contributed by atoms with Crippen molar-refractivity contribution in [3.05, 3.63) is 53.0 Å². The Morgan fingerprint density at radius 2 is 1.96 bits per heavy atom. The fourth-order valence-electron chi connectivity index (χ4n) is 2.52. The largest absolute Gasteiger partial charge is 0.478 e. The first-order chi connectivity index (χ1) is 11.3. The molecule has 0 spiro atoms. The number of anilines is 1. The number of fused-ring (bicyclic) bond motifs is 1. The van der Waals surface area contributed by atoms with Crippen molar-refractivity contribution in [2.24, 2.45) is 0 Å². The lowest BCUT2D eigenvalue weighted by atomic mass is 9.97. The van der Waals surface area contributed by atoms with Gasteiger partial charge >= 0.3 is 12.1 Å². The number of nitrogens with zero attached hydrogens (tertiary/aromatic N) is 3. The number of carbonyl (C=O) groups excluding carboxylic acids is 1. The van der Waals surface area contributed by atoms with Crippen molar-refractivity contribution < 1.29 is 27.9 Å². The minimum absolute atomic E-state index is 0.0822. The second-order valence-electron chi connectivity index (χ2n) is 5.11. The standard InChI is InChI=1S/C15H10F3N3O3/c16-15(17,18)12-11-8(3-5-19-12)4-6-21(13(11)22)10-2-1-9(7-20-10)14(23)24/h1-3,5,7H,4,6H2,(H,23,24). The van der Waals surface area contributed by atoms with Gasteiger partial charge in [0.05, 0.1) is 11.1 Å². The third-order valence-corrected chi connectivity index (χ3v) is 3.64. The molecule has 6 nitrogen and oxygen atoms in total. The number of alkyl halides is 3. The molecule has 0 radical (unpaired) electrons. The molecule has 1 amide bonds. The molecule has 24 heavy (non-hydrogen) atoms. The molecule has 0 bridgehead atoms. The first-order valence-corrected chi connectivity index (χ1v) is 6.85. The number of hydrogen-bond donors (Lipinski definition) is 1. The maximum Gasteiger partial charge on any atom is 0.434 e. The molecule has 0 saturated heterocycles. The Labute approximate surface area is 133 Å². The first-order valence-electron chi connectivity index (χ1n) is 6.85. The molecule has 2 aromatic heterocycles. The monoisotopic (exact) mass is 337 g/mol. The van der Waals surface area contributed by atoms with Crippen LogP contribution in [0.15, 0.2) is 30.6 Å². The number of amides is 1. The Hall–Kier alpha value is -2.97. The molecule has 1 N–H and O–H groups in total. The average Bonchev–Trinajstić information content (AvgIpc) is 2.54. The summed E-state index contributed by atoms with van der Waals surface area (Å²) >= 11 is 0. The molecule has 0 saturated carbocycles. The van der Waals surface area contributed by atoms with Gasteiger partial charge in [-0.3, -0.25) is 14.7 Å². The van der Waals surface area contributed by atoms with E-state index in [9.17, 15) is 22.8 Å². The molecule has 1 aliphatic heterocycles. The molecule has 9 heteroatoms. The van der Waals surface area contributed by atoms with Gasteiger partial charge in [0.2, 0.25) is 0 Å². The number of carboxylic acid groups (broad SMARTS) is 1. The van der Waals surface area contributed by atoms with Gasteiger partial charge in [-0.1, -0.05) is 0 Å². The van der Waals surface area contributed by atoms with Gasteiger partial charge in [-0.2, -0.15) is 13.2 Å². The Morgan fingerprint density at radius 1 is 1.21 bits per heavy atom. The third kappa shape index (κ3) is 2.68. The van der Waals surface area contributed by atoms with Crippen molar-refractivity contribution in [3.63, 3.8) is 0 Å². The van der Waals surface area contributed by atoms with E-state index in [1.165, 1.54) is 18.2 Å². The summed E-state index contributed by atoms with van der Waals surface area (Å²) in [6, 6.07) is 3.91. The van der Waals surface area contributed by atoms with E-state index in [0.717, 1.165) is 17.3 Å². The molecular formula is C15H10F3N3O3. The smallest absolute Gasteiger partial charge is 0.434 e. The summed E-state index contributed by atoms with van der Waals surface area (Å²) in [7, 11) is 0. The van der Waals surface area contributed by atoms with Crippen LogP contribution in [0.3, 0.4) is 0 Å². The highest BCUT2D eigenvalue weighted by molar-refractivity contribution is 6.08. The number of hydrogen-bond acceptors (Lipinski definition) is 4. The second-order valence-corrected chi connectivity index (χ2v) is 5.11. The molecule has 0 unspecified atom stereocenters. The van der Waals surface area contributed by atoms with E-state index in [4.69, 9.17) is 5.11 Å². The minimum Gasteiger partial charge on any atom is -0.478 e. The van der Waals surface area contributed by atoms with Crippen molar-refractivity contribution in [1.29, 1.82) is 0 Å². The topological polar surface area (TPSA) is 83.4 Å². The summed E-state index contributed by atoms with van der Waals surface area (Å²) in [5.74, 6) is -1.95. The fourth-order valence-corrected chi connectivity index (χ4v) is 2.52. The van der Waals surface area contributed by atoms with Crippen LogP contribution in [0.1, 0.15) is 32.0 Å². The van der Waals surface area contributed by atoms with Crippen LogP contribution in [0, 0.1) is 0 Å². The van der Waals surface area contributed by atoms with Gasteiger partial charge in [-0.25, -0.2) is 9.78 Å². The Balaban J connectivity index is 2.02. The van der Waals surface area contributed by atoms with Gasteiger partial charge < -0.3 is 5.11 Å². The third-order valence-electron chi connectivity index (χ3n) is 3.64. The van der Waals surface area contributed by atoms with Crippen molar-refractivity contribution in [2.75, 3.05) is 11.4 Å². The lowest BCUT2D eigenvalue weighted by Crippen LogP contribution is -2.40. The van der Waals surface area contributed by atoms with Crippen LogP contribution in [-0.2, 0) is 12.6 Å². The number of halogens is 3. The van der Waals surface area contributed by atoms with Crippen LogP contribution in [0.4, 0.5) is 19.0 Å². The summed E-state index contributed by atoms with van der Waals surface area (Å²) in [6.07, 6.45) is -2.45. The van der Waals surface area contributed by atoms with E-state index in [0.29, 0.717) is 0 Å². The van der Waals surface area contributed by atoms with Gasteiger partial charge in [-0.15, -0.1) is 0 Å². The number of pyridine rings is 2. The van der Waals surface area contributed by atoms with Crippen LogP contribution in [0.2, 0.25) is 0 Å². The lowest BCUT2D eigenvalue weighted by Gasteiger charge is -2.29. The number of aromatic carboxylic acids is 1. The second kappa shape index (κ2) is 5.59. The summed E-state index contributed by atoms with van der Waals surface area (Å²) < 4.78 is 39.3. The quantitative estimate of drug-likeness (QED) is 0.910. The van der Waals surface area contributed by atoms with Crippen molar-refractivity contribution >= 4 is 17.7 Å². The van der Waals surface area contributed by atoms with Crippen LogP contribution in [-0.4, -0.2) is 33.5 Å². The molecular weight excluding hydrogens is 327 g/mol. The van der Waals surface area contributed by atoms with Crippen molar-refractivity contribution in [3.8, 4) is 0 Å². The van der Waals surface area contributed by atoms with E-state index < -0.39 is 29.3 Å². The Bertz CT molecular complexity index is 819. The normalized spacial score (nSPS) is 14.5. The van der Waals surface area contributed by atoms with E-state index in [2.05, 4.69) is 9.97 Å². The average molecular weight is 337 g/mol. The predicted octanol–water partition coefficient (Wildman–Crippen LogP) is 2.40. The van der Waals surface area contributed by atoms with E-state index >= 15 is 0 Å². The zero-order valence-electron chi connectivity index (χ0n) is 12.0. The highest BCUT2D eigenvalue weighted by atomic mass is 19.4. The van der Waals surface area contributed by atoms with Crippen molar-refractivity contribution in [1.82, 2.24) is 9.97 Å². The number of aromatic nitrogens is 2. The Morgan fingerprint density at radius 3 is 2.54 bits per heavy atom. The molecule has 0 aromatic carbocycles. The highest BCUT2D eigenvalue weighted by Gasteiger charge is 2.41. The molecule has 3 heterocycles. The maximum absolute atomic E-state index is 13.1. The van der Waals surface area contributed by atoms with Gasteiger partial charge in [0, 0.05) is 18.9 Å². The van der Waals surface area contributed by atoms with Gasteiger partial charge in [-0.05, 0) is 30.2 Å². The van der Waals surface area contributed by atoms with Crippen molar-refractivity contribution in [2.45, 2.75) is 12.6 Å². The van der Waals surface area contributed by atoms with Gasteiger partial charge in [0.25, 0.3) is 5.91 Å².